The first kappa shape index (κ1) is 35.1. The second-order valence-electron chi connectivity index (χ2n) is 17.1. The van der Waals surface area contributed by atoms with Gasteiger partial charge in [0, 0.05) is 48.7 Å². The summed E-state index contributed by atoms with van der Waals surface area (Å²) in [5, 5.41) is 0. The van der Waals surface area contributed by atoms with Gasteiger partial charge in [0.2, 0.25) is 17.8 Å². The minimum absolute atomic E-state index is 0.0489. The number of fused-ring (bicyclic) bond motifs is 3. The molecule has 2 saturated carbocycles. The van der Waals surface area contributed by atoms with Gasteiger partial charge in [-0.25, -0.2) is 9.78 Å². The number of rotatable bonds is 9. The van der Waals surface area contributed by atoms with Gasteiger partial charge >= 0.3 is 6.18 Å². The van der Waals surface area contributed by atoms with Crippen molar-refractivity contribution in [2.24, 2.45) is 41.4 Å². The Morgan fingerprint density at radius 3 is 2.14 bits per heavy atom. The number of ether oxygens (including phenoxy) is 7. The van der Waals surface area contributed by atoms with E-state index >= 15 is 0 Å². The van der Waals surface area contributed by atoms with Gasteiger partial charge in [0.25, 0.3) is 0 Å². The number of allylic oxidation sites excluding steroid dienone is 1. The summed E-state index contributed by atoms with van der Waals surface area (Å²) in [5.74, 6) is -2.50. The highest BCUT2D eigenvalue weighted by atomic mass is 19.4. The van der Waals surface area contributed by atoms with Crippen LogP contribution in [0.2, 0.25) is 0 Å². The Labute approximate surface area is 288 Å². The first-order valence-corrected chi connectivity index (χ1v) is 18.9. The summed E-state index contributed by atoms with van der Waals surface area (Å²) in [4.78, 5) is 11.8. The standard InChI is InChI=1S/C37H55F3O9/c1-21-10-12-27-23(3)34(6,46-31-35(27)25(21)14-16-32(4,45-31)47-35)42-19-9-7-8-18-41-20-24-28-13-11-22(2)26-15-17-33(5)44-30(36(26,28)49-48-33)43-29(24)37(38,39)40/h21-23,25-28,30-31H,7-20H2,1-6H3/t21-,22-,23-,25+,26+,27+,28+,30-,31+,32+,33-,34+,35-,36-/m1/s1. The highest BCUT2D eigenvalue weighted by molar-refractivity contribution is 5.28. The van der Waals surface area contributed by atoms with Crippen LogP contribution in [0, 0.1) is 41.4 Å². The van der Waals surface area contributed by atoms with Gasteiger partial charge in [-0.1, -0.05) is 20.8 Å². The average Bonchev–Trinajstić information content (AvgIpc) is 3.13. The van der Waals surface area contributed by atoms with Crippen molar-refractivity contribution in [2.45, 2.75) is 159 Å². The van der Waals surface area contributed by atoms with E-state index in [-0.39, 0.29) is 29.9 Å². The minimum atomic E-state index is -4.68. The van der Waals surface area contributed by atoms with Crippen LogP contribution in [0.3, 0.4) is 0 Å². The molecule has 12 heteroatoms. The average molecular weight is 701 g/mol. The van der Waals surface area contributed by atoms with Crippen LogP contribution in [0.15, 0.2) is 11.3 Å². The Kier molecular flexibility index (Phi) is 8.60. The maximum Gasteiger partial charge on any atom is 0.449 e. The van der Waals surface area contributed by atoms with Crippen LogP contribution in [0.1, 0.15) is 112 Å². The Bertz CT molecular complexity index is 1310. The van der Waals surface area contributed by atoms with Crippen LogP contribution in [0.5, 0.6) is 0 Å². The van der Waals surface area contributed by atoms with Gasteiger partial charge in [-0.3, -0.25) is 0 Å². The largest absolute Gasteiger partial charge is 0.456 e. The SMILES string of the molecule is C[C@@H]1CC[C@H]2[C@@H](C)[C@@](C)(OCCCCCOCC3=C(C(F)(F)F)O[C@@H]4O[C@@]5(C)CC[C@H]6[C@H](C)CC[C@@H]3[C@@]46OO5)O[C@@H]3O[C@]4(C)CC[C@@H]1[C@]32O4. The molecule has 0 aromatic heterocycles. The van der Waals surface area contributed by atoms with Crippen LogP contribution >= 0.6 is 0 Å². The highest BCUT2D eigenvalue weighted by Crippen LogP contribution is 2.65. The quantitative estimate of drug-likeness (QED) is 0.176. The minimum Gasteiger partial charge on any atom is -0.456 e. The molecule has 9 rings (SSSR count). The van der Waals surface area contributed by atoms with Gasteiger partial charge in [0.05, 0.1) is 13.2 Å². The topological polar surface area (TPSA) is 83.1 Å². The summed E-state index contributed by atoms with van der Waals surface area (Å²) in [6.07, 6.45) is 2.76. The van der Waals surface area contributed by atoms with Crippen LogP contribution in [0.4, 0.5) is 13.2 Å². The Hall–Kier alpha value is -0.990. The van der Waals surface area contributed by atoms with Crippen LogP contribution in [-0.4, -0.2) is 67.1 Å². The van der Waals surface area contributed by atoms with E-state index in [2.05, 4.69) is 20.8 Å². The molecule has 0 aromatic rings. The van der Waals surface area contributed by atoms with Crippen LogP contribution < -0.4 is 0 Å². The summed E-state index contributed by atoms with van der Waals surface area (Å²) < 4.78 is 87.6. The molecule has 8 fully saturated rings. The third kappa shape index (κ3) is 5.38. The Morgan fingerprint density at radius 1 is 0.714 bits per heavy atom. The molecule has 2 aliphatic carbocycles. The summed E-state index contributed by atoms with van der Waals surface area (Å²) >= 11 is 0. The highest BCUT2D eigenvalue weighted by Gasteiger charge is 2.74. The Morgan fingerprint density at radius 2 is 1.39 bits per heavy atom. The van der Waals surface area contributed by atoms with Crippen LogP contribution in [0.25, 0.3) is 0 Å². The van der Waals surface area contributed by atoms with E-state index in [0.29, 0.717) is 50.2 Å². The number of alkyl halides is 3. The lowest BCUT2D eigenvalue weighted by atomic mass is 9.56. The summed E-state index contributed by atoms with van der Waals surface area (Å²) in [7, 11) is 0. The molecule has 14 atom stereocenters. The first-order valence-electron chi connectivity index (χ1n) is 18.9. The van der Waals surface area contributed by atoms with E-state index < -0.39 is 59.0 Å². The van der Waals surface area contributed by atoms with E-state index in [1.807, 2.05) is 13.8 Å². The zero-order chi connectivity index (χ0) is 34.6. The molecule has 9 nitrogen and oxygen atoms in total. The zero-order valence-corrected chi connectivity index (χ0v) is 29.9. The third-order valence-electron chi connectivity index (χ3n) is 14.1. The van der Waals surface area contributed by atoms with Gasteiger partial charge in [-0.15, -0.1) is 0 Å². The maximum absolute atomic E-state index is 14.5. The number of unbranched alkanes of at least 4 members (excludes halogenated alkanes) is 2. The number of halogens is 3. The fourth-order valence-electron chi connectivity index (χ4n) is 11.3. The van der Waals surface area contributed by atoms with Crippen molar-refractivity contribution in [3.05, 3.63) is 11.3 Å². The molecule has 0 amide bonds. The van der Waals surface area contributed by atoms with E-state index in [1.54, 1.807) is 6.92 Å². The monoisotopic (exact) mass is 700 g/mol. The normalized spacial score (nSPS) is 51.6. The van der Waals surface area contributed by atoms with Crippen molar-refractivity contribution in [3.63, 3.8) is 0 Å². The molecule has 49 heavy (non-hydrogen) atoms. The van der Waals surface area contributed by atoms with Crippen molar-refractivity contribution in [2.75, 3.05) is 19.8 Å². The lowest BCUT2D eigenvalue weighted by Gasteiger charge is -2.60. The molecule has 9 aliphatic rings. The second kappa shape index (κ2) is 12.0. The fourth-order valence-corrected chi connectivity index (χ4v) is 11.3. The second-order valence-corrected chi connectivity index (χ2v) is 17.1. The Balaban J connectivity index is 0.866. The molecule has 6 saturated heterocycles. The van der Waals surface area contributed by atoms with Crippen molar-refractivity contribution in [1.29, 1.82) is 0 Å². The van der Waals surface area contributed by atoms with E-state index in [4.69, 9.17) is 42.9 Å². The van der Waals surface area contributed by atoms with E-state index in [9.17, 15) is 13.2 Å². The smallest absolute Gasteiger partial charge is 0.449 e. The predicted molar refractivity (Wildman–Crippen MR) is 168 cm³/mol. The molecular weight excluding hydrogens is 645 g/mol. The van der Waals surface area contributed by atoms with Crippen molar-refractivity contribution in [1.82, 2.24) is 0 Å². The third-order valence-corrected chi connectivity index (χ3v) is 14.1. The molecule has 0 unspecified atom stereocenters. The van der Waals surface area contributed by atoms with Gasteiger partial charge < -0.3 is 33.2 Å². The number of hydrogen-bond acceptors (Lipinski definition) is 9. The van der Waals surface area contributed by atoms with E-state index in [0.717, 1.165) is 44.9 Å². The molecular formula is C37H55F3O9. The zero-order valence-electron chi connectivity index (χ0n) is 29.9. The summed E-state index contributed by atoms with van der Waals surface area (Å²) in [6, 6.07) is 0. The van der Waals surface area contributed by atoms with E-state index in [1.165, 1.54) is 6.42 Å². The molecule has 7 heterocycles. The molecule has 2 spiro atoms. The van der Waals surface area contributed by atoms with Gasteiger partial charge in [0.15, 0.2) is 23.5 Å². The molecule has 0 N–H and O–H groups in total. The lowest BCUT2D eigenvalue weighted by Crippen LogP contribution is -2.69. The van der Waals surface area contributed by atoms with Crippen LogP contribution in [-0.2, 0) is 42.9 Å². The summed E-state index contributed by atoms with van der Waals surface area (Å²) in [5.41, 5.74) is -1.44. The summed E-state index contributed by atoms with van der Waals surface area (Å²) in [6.45, 7) is 13.1. The number of hydrogen-bond donors (Lipinski definition) is 0. The van der Waals surface area contributed by atoms with Gasteiger partial charge in [-0.2, -0.15) is 13.2 Å². The molecule has 7 aliphatic heterocycles. The fraction of sp³-hybridized carbons (Fsp3) is 0.946. The lowest BCUT2D eigenvalue weighted by molar-refractivity contribution is -0.557. The van der Waals surface area contributed by atoms with Gasteiger partial charge in [-0.05, 0) is 96.3 Å². The van der Waals surface area contributed by atoms with Crippen molar-refractivity contribution in [3.8, 4) is 0 Å². The predicted octanol–water partition coefficient (Wildman–Crippen LogP) is 7.92. The van der Waals surface area contributed by atoms with Crippen molar-refractivity contribution >= 4 is 0 Å². The molecule has 0 radical (unpaired) electrons. The maximum atomic E-state index is 14.5. The molecule has 4 bridgehead atoms. The van der Waals surface area contributed by atoms with Gasteiger partial charge in [0.1, 0.15) is 5.60 Å². The first-order chi connectivity index (χ1) is 23.1. The molecule has 0 aromatic carbocycles. The van der Waals surface area contributed by atoms with Crippen molar-refractivity contribution < 1.29 is 56.1 Å². The molecule has 278 valence electrons.